The third-order valence-corrected chi connectivity index (χ3v) is 4.41. The second kappa shape index (κ2) is 17.2. The minimum absolute atomic E-state index is 0.205. The molecule has 0 aliphatic heterocycles. The summed E-state index contributed by atoms with van der Waals surface area (Å²) in [5, 5.41) is 6.76. The van der Waals surface area contributed by atoms with Gasteiger partial charge in [-0.15, -0.1) is 0 Å². The molecule has 1 amide bonds. The molecule has 1 atom stereocenters. The van der Waals surface area contributed by atoms with Gasteiger partial charge in [-0.05, 0) is 59.3 Å². The standard InChI is InChI=1S/C20H43N3O/c1-5-7-14-19(13-6-2)21-16-10-8-9-11-17-22-20(24)15-12-18-23(3)4/h19,21H,5-18H2,1-4H3,(H,22,24). The van der Waals surface area contributed by atoms with Crippen LogP contribution in [0.2, 0.25) is 0 Å². The second-order valence-electron chi connectivity index (χ2n) is 7.25. The lowest BCUT2D eigenvalue weighted by Crippen LogP contribution is -2.29. The van der Waals surface area contributed by atoms with Crippen molar-refractivity contribution in [2.45, 2.75) is 90.5 Å². The van der Waals surface area contributed by atoms with Crippen molar-refractivity contribution in [3.05, 3.63) is 0 Å². The summed E-state index contributed by atoms with van der Waals surface area (Å²) in [4.78, 5) is 13.8. The highest BCUT2D eigenvalue weighted by Crippen LogP contribution is 2.07. The molecule has 4 heteroatoms. The number of carbonyl (C=O) groups is 1. The molecule has 144 valence electrons. The van der Waals surface area contributed by atoms with Crippen LogP contribution < -0.4 is 10.6 Å². The van der Waals surface area contributed by atoms with E-state index in [1.807, 2.05) is 14.1 Å². The first kappa shape index (κ1) is 23.4. The van der Waals surface area contributed by atoms with Gasteiger partial charge in [-0.25, -0.2) is 0 Å². The largest absolute Gasteiger partial charge is 0.356 e. The van der Waals surface area contributed by atoms with Crippen molar-refractivity contribution < 1.29 is 4.79 Å². The van der Waals surface area contributed by atoms with Crippen LogP contribution in [0.5, 0.6) is 0 Å². The minimum Gasteiger partial charge on any atom is -0.356 e. The summed E-state index contributed by atoms with van der Waals surface area (Å²) in [7, 11) is 4.09. The maximum absolute atomic E-state index is 11.6. The number of carbonyl (C=O) groups excluding carboxylic acids is 1. The Hall–Kier alpha value is -0.610. The van der Waals surface area contributed by atoms with Crippen LogP contribution in [0.25, 0.3) is 0 Å². The molecule has 4 nitrogen and oxygen atoms in total. The molecule has 0 fully saturated rings. The summed E-state index contributed by atoms with van der Waals surface area (Å²) in [5.41, 5.74) is 0. The normalized spacial score (nSPS) is 12.5. The van der Waals surface area contributed by atoms with Gasteiger partial charge in [-0.1, -0.05) is 46.0 Å². The van der Waals surface area contributed by atoms with E-state index in [0.29, 0.717) is 6.42 Å². The summed E-state index contributed by atoms with van der Waals surface area (Å²) in [6, 6.07) is 0.719. The molecule has 24 heavy (non-hydrogen) atoms. The van der Waals surface area contributed by atoms with E-state index in [-0.39, 0.29) is 5.91 Å². The Morgan fingerprint density at radius 2 is 1.58 bits per heavy atom. The third kappa shape index (κ3) is 16.3. The van der Waals surface area contributed by atoms with Gasteiger partial charge in [0, 0.05) is 19.0 Å². The molecule has 0 rings (SSSR count). The topological polar surface area (TPSA) is 44.4 Å². The van der Waals surface area contributed by atoms with Crippen molar-refractivity contribution in [2.75, 3.05) is 33.7 Å². The zero-order valence-corrected chi connectivity index (χ0v) is 16.8. The van der Waals surface area contributed by atoms with Crippen molar-refractivity contribution >= 4 is 5.91 Å². The molecule has 0 heterocycles. The second-order valence-corrected chi connectivity index (χ2v) is 7.25. The fraction of sp³-hybridized carbons (Fsp3) is 0.950. The summed E-state index contributed by atoms with van der Waals surface area (Å²) in [6.45, 7) is 7.51. The first-order valence-electron chi connectivity index (χ1n) is 10.2. The number of nitrogens with zero attached hydrogens (tertiary/aromatic N) is 1. The van der Waals surface area contributed by atoms with Gasteiger partial charge in [0.15, 0.2) is 0 Å². The SMILES string of the molecule is CCCCC(CCC)NCCCCCCNC(=O)CCCN(C)C. The van der Waals surface area contributed by atoms with Crippen molar-refractivity contribution in [3.8, 4) is 0 Å². The fourth-order valence-electron chi connectivity index (χ4n) is 2.93. The Kier molecular flexibility index (Phi) is 16.8. The van der Waals surface area contributed by atoms with E-state index in [0.717, 1.165) is 38.5 Å². The molecule has 0 aliphatic rings. The van der Waals surface area contributed by atoms with Gasteiger partial charge in [0.05, 0.1) is 0 Å². The van der Waals surface area contributed by atoms with Gasteiger partial charge in [-0.2, -0.15) is 0 Å². The molecular weight excluding hydrogens is 298 g/mol. The van der Waals surface area contributed by atoms with Crippen LogP contribution in [0.3, 0.4) is 0 Å². The molecule has 2 N–H and O–H groups in total. The molecule has 0 saturated heterocycles. The summed E-state index contributed by atoms with van der Waals surface area (Å²) in [6.07, 6.45) is 13.0. The average molecular weight is 342 g/mol. The Labute approximate surface area is 151 Å². The van der Waals surface area contributed by atoms with Crippen LogP contribution in [0.4, 0.5) is 0 Å². The number of nitrogens with one attached hydrogen (secondary N) is 2. The van der Waals surface area contributed by atoms with Crippen LogP contribution in [-0.2, 0) is 4.79 Å². The Bertz CT molecular complexity index is 282. The molecule has 0 aromatic carbocycles. The monoisotopic (exact) mass is 341 g/mol. The van der Waals surface area contributed by atoms with Crippen LogP contribution >= 0.6 is 0 Å². The van der Waals surface area contributed by atoms with Crippen molar-refractivity contribution in [2.24, 2.45) is 0 Å². The molecule has 0 bridgehead atoms. The summed E-state index contributed by atoms with van der Waals surface area (Å²) >= 11 is 0. The minimum atomic E-state index is 0.205. The lowest BCUT2D eigenvalue weighted by Gasteiger charge is -2.17. The van der Waals surface area contributed by atoms with Crippen LogP contribution in [0.1, 0.15) is 84.5 Å². The number of hydrogen-bond acceptors (Lipinski definition) is 3. The van der Waals surface area contributed by atoms with Gasteiger partial charge in [0.1, 0.15) is 0 Å². The van der Waals surface area contributed by atoms with E-state index in [1.165, 1.54) is 51.4 Å². The summed E-state index contributed by atoms with van der Waals surface area (Å²) in [5.74, 6) is 0.205. The zero-order valence-electron chi connectivity index (χ0n) is 16.8. The predicted molar refractivity (Wildman–Crippen MR) is 105 cm³/mol. The molecule has 0 aromatic rings. The zero-order chi connectivity index (χ0) is 18.0. The van der Waals surface area contributed by atoms with E-state index in [9.17, 15) is 4.79 Å². The number of unbranched alkanes of at least 4 members (excludes halogenated alkanes) is 4. The average Bonchev–Trinajstić information content (AvgIpc) is 2.54. The van der Waals surface area contributed by atoms with Crippen molar-refractivity contribution in [1.82, 2.24) is 15.5 Å². The maximum atomic E-state index is 11.6. The third-order valence-electron chi connectivity index (χ3n) is 4.41. The van der Waals surface area contributed by atoms with Gasteiger partial charge < -0.3 is 15.5 Å². The molecule has 0 aliphatic carbocycles. The van der Waals surface area contributed by atoms with E-state index in [4.69, 9.17) is 0 Å². The first-order valence-corrected chi connectivity index (χ1v) is 10.2. The van der Waals surface area contributed by atoms with Gasteiger partial charge >= 0.3 is 0 Å². The fourth-order valence-corrected chi connectivity index (χ4v) is 2.93. The van der Waals surface area contributed by atoms with Crippen molar-refractivity contribution in [1.29, 1.82) is 0 Å². The molecule has 0 aromatic heterocycles. The lowest BCUT2D eigenvalue weighted by atomic mass is 10.0. The van der Waals surface area contributed by atoms with E-state index >= 15 is 0 Å². The Balaban J connectivity index is 3.41. The molecule has 1 unspecified atom stereocenters. The van der Waals surface area contributed by atoms with Crippen LogP contribution in [0.15, 0.2) is 0 Å². The van der Waals surface area contributed by atoms with E-state index in [1.54, 1.807) is 0 Å². The number of hydrogen-bond donors (Lipinski definition) is 2. The number of amides is 1. The van der Waals surface area contributed by atoms with E-state index in [2.05, 4.69) is 29.4 Å². The van der Waals surface area contributed by atoms with Crippen molar-refractivity contribution in [3.63, 3.8) is 0 Å². The van der Waals surface area contributed by atoms with Crippen LogP contribution in [-0.4, -0.2) is 50.6 Å². The predicted octanol–water partition coefficient (Wildman–Crippen LogP) is 3.95. The highest BCUT2D eigenvalue weighted by molar-refractivity contribution is 5.75. The Morgan fingerprint density at radius 3 is 2.21 bits per heavy atom. The smallest absolute Gasteiger partial charge is 0.220 e. The highest BCUT2D eigenvalue weighted by atomic mass is 16.1. The van der Waals surface area contributed by atoms with Gasteiger partial charge in [0.25, 0.3) is 0 Å². The molecule has 0 saturated carbocycles. The maximum Gasteiger partial charge on any atom is 0.220 e. The quantitative estimate of drug-likeness (QED) is 0.394. The van der Waals surface area contributed by atoms with E-state index < -0.39 is 0 Å². The van der Waals surface area contributed by atoms with Gasteiger partial charge in [0.2, 0.25) is 5.91 Å². The number of rotatable bonds is 17. The molecule has 0 radical (unpaired) electrons. The Morgan fingerprint density at radius 1 is 0.875 bits per heavy atom. The van der Waals surface area contributed by atoms with Gasteiger partial charge in [-0.3, -0.25) is 4.79 Å². The first-order chi connectivity index (χ1) is 11.6. The molecular formula is C20H43N3O. The van der Waals surface area contributed by atoms with Crippen LogP contribution in [0, 0.1) is 0 Å². The lowest BCUT2D eigenvalue weighted by molar-refractivity contribution is -0.121. The summed E-state index contributed by atoms with van der Waals surface area (Å²) < 4.78 is 0. The highest BCUT2D eigenvalue weighted by Gasteiger charge is 2.05. The molecule has 0 spiro atoms.